The van der Waals surface area contributed by atoms with E-state index in [2.05, 4.69) is 4.98 Å². The van der Waals surface area contributed by atoms with Crippen LogP contribution in [0.15, 0.2) is 66.5 Å². The van der Waals surface area contributed by atoms with Crippen LogP contribution in [0.5, 0.6) is 11.5 Å². The third-order valence-electron chi connectivity index (χ3n) is 5.44. The van der Waals surface area contributed by atoms with Gasteiger partial charge in [0.25, 0.3) is 11.7 Å². The summed E-state index contributed by atoms with van der Waals surface area (Å²) in [6.07, 6.45) is 2.94. The molecule has 9 heteroatoms. The second kappa shape index (κ2) is 8.01. The molecule has 166 valence electrons. The molecule has 7 nitrogen and oxygen atoms in total. The van der Waals surface area contributed by atoms with Crippen LogP contribution in [0.25, 0.3) is 5.76 Å². The monoisotopic (exact) mass is 450 g/mol. The first kappa shape index (κ1) is 20.6. The van der Waals surface area contributed by atoms with Crippen molar-refractivity contribution in [1.82, 2.24) is 4.98 Å². The molecule has 1 atom stereocenters. The van der Waals surface area contributed by atoms with Gasteiger partial charge in [-0.1, -0.05) is 6.07 Å². The zero-order valence-corrected chi connectivity index (χ0v) is 17.0. The van der Waals surface area contributed by atoms with Crippen molar-refractivity contribution in [3.8, 4) is 11.5 Å². The van der Waals surface area contributed by atoms with Gasteiger partial charge in [-0.25, -0.2) is 8.78 Å². The van der Waals surface area contributed by atoms with Crippen molar-refractivity contribution < 1.29 is 33.0 Å². The highest BCUT2D eigenvalue weighted by Gasteiger charge is 2.47. The molecule has 0 spiro atoms. The minimum absolute atomic E-state index is 0.0360. The van der Waals surface area contributed by atoms with Crippen LogP contribution in [0.2, 0.25) is 0 Å². The number of benzene rings is 2. The van der Waals surface area contributed by atoms with Crippen molar-refractivity contribution >= 4 is 23.1 Å². The van der Waals surface area contributed by atoms with Crippen molar-refractivity contribution in [2.24, 2.45) is 0 Å². The number of hydrogen-bond donors (Lipinski definition) is 1. The van der Waals surface area contributed by atoms with Crippen LogP contribution in [0.4, 0.5) is 14.5 Å². The fourth-order valence-electron chi connectivity index (χ4n) is 3.93. The number of carbonyl (C=O) groups is 2. The third-order valence-corrected chi connectivity index (χ3v) is 5.44. The predicted molar refractivity (Wildman–Crippen MR) is 113 cm³/mol. The Morgan fingerprint density at radius 3 is 2.52 bits per heavy atom. The molecule has 1 aromatic heterocycles. The molecule has 1 fully saturated rings. The Bertz CT molecular complexity index is 1310. The number of Topliss-reactive ketones (excluding diaryl/α,β-unsaturated/α-hetero) is 1. The van der Waals surface area contributed by atoms with Crippen LogP contribution < -0.4 is 14.4 Å². The SMILES string of the molecule is O=C1C(=O)N(c2ccc(F)c(F)c2)C(c2cccnc2)/C1=C(/O)c1ccc2c(c1)OCCO2. The lowest BCUT2D eigenvalue weighted by molar-refractivity contribution is -0.132. The Balaban J connectivity index is 1.69. The Labute approximate surface area is 186 Å². The number of aliphatic hydroxyl groups is 1. The van der Waals surface area contributed by atoms with Gasteiger partial charge in [-0.3, -0.25) is 19.5 Å². The van der Waals surface area contributed by atoms with E-state index in [1.807, 2.05) is 0 Å². The number of aliphatic hydroxyl groups excluding tert-OH is 1. The molecule has 1 saturated heterocycles. The van der Waals surface area contributed by atoms with E-state index < -0.39 is 35.1 Å². The summed E-state index contributed by atoms with van der Waals surface area (Å²) < 4.78 is 38.5. The normalized spacial score (nSPS) is 19.1. The van der Waals surface area contributed by atoms with Crippen LogP contribution in [0.1, 0.15) is 17.2 Å². The molecule has 0 aliphatic carbocycles. The number of nitrogens with zero attached hydrogens (tertiary/aromatic N) is 2. The Morgan fingerprint density at radius 2 is 1.79 bits per heavy atom. The van der Waals surface area contributed by atoms with E-state index in [-0.39, 0.29) is 16.8 Å². The second-order valence-corrected chi connectivity index (χ2v) is 7.41. The topological polar surface area (TPSA) is 89.0 Å². The van der Waals surface area contributed by atoms with Gasteiger partial charge in [-0.05, 0) is 42.0 Å². The molecular formula is C24H16F2N2O5. The fourth-order valence-corrected chi connectivity index (χ4v) is 3.93. The van der Waals surface area contributed by atoms with Gasteiger partial charge < -0.3 is 14.6 Å². The van der Waals surface area contributed by atoms with Crippen molar-refractivity contribution in [2.75, 3.05) is 18.1 Å². The van der Waals surface area contributed by atoms with E-state index in [1.165, 1.54) is 30.6 Å². The van der Waals surface area contributed by atoms with Crippen molar-refractivity contribution in [3.05, 3.63) is 89.3 Å². The summed E-state index contributed by atoms with van der Waals surface area (Å²) in [5.74, 6) is -3.79. The molecule has 0 bridgehead atoms. The summed E-state index contributed by atoms with van der Waals surface area (Å²) in [6, 6.07) is 9.63. The molecule has 3 heterocycles. The predicted octanol–water partition coefficient (Wildman–Crippen LogP) is 3.76. The molecule has 1 N–H and O–H groups in total. The molecule has 2 aliphatic rings. The zero-order valence-electron chi connectivity index (χ0n) is 17.0. The highest BCUT2D eigenvalue weighted by Crippen LogP contribution is 2.43. The number of ketones is 1. The van der Waals surface area contributed by atoms with Gasteiger partial charge in [-0.2, -0.15) is 0 Å². The molecule has 3 aromatic rings. The van der Waals surface area contributed by atoms with E-state index in [1.54, 1.807) is 18.2 Å². The second-order valence-electron chi connectivity index (χ2n) is 7.41. The van der Waals surface area contributed by atoms with Gasteiger partial charge in [0.05, 0.1) is 11.6 Å². The lowest BCUT2D eigenvalue weighted by Crippen LogP contribution is -2.29. The average Bonchev–Trinajstić information content (AvgIpc) is 3.11. The number of amides is 1. The molecule has 33 heavy (non-hydrogen) atoms. The Hall–Kier alpha value is -4.27. The van der Waals surface area contributed by atoms with Crippen LogP contribution in [0, 0.1) is 11.6 Å². The summed E-state index contributed by atoms with van der Waals surface area (Å²) in [4.78, 5) is 31.1. The van der Waals surface area contributed by atoms with Crippen LogP contribution in [-0.4, -0.2) is 35.0 Å². The molecular weight excluding hydrogens is 434 g/mol. The number of halogens is 2. The van der Waals surface area contributed by atoms with Gasteiger partial charge in [-0.15, -0.1) is 0 Å². The fraction of sp³-hybridized carbons (Fsp3) is 0.125. The minimum Gasteiger partial charge on any atom is -0.507 e. The highest BCUT2D eigenvalue weighted by molar-refractivity contribution is 6.51. The molecule has 2 aromatic carbocycles. The average molecular weight is 450 g/mol. The van der Waals surface area contributed by atoms with Crippen LogP contribution in [0.3, 0.4) is 0 Å². The lowest BCUT2D eigenvalue weighted by atomic mass is 9.96. The van der Waals surface area contributed by atoms with Crippen LogP contribution in [-0.2, 0) is 9.59 Å². The summed E-state index contributed by atoms with van der Waals surface area (Å²) in [5, 5.41) is 11.1. The van der Waals surface area contributed by atoms with E-state index in [0.29, 0.717) is 30.3 Å². The maximum absolute atomic E-state index is 14.0. The highest BCUT2D eigenvalue weighted by atomic mass is 19.2. The first-order chi connectivity index (χ1) is 16.0. The Kier molecular flexibility index (Phi) is 5.01. The first-order valence-corrected chi connectivity index (χ1v) is 10.0. The molecule has 0 saturated carbocycles. The van der Waals surface area contributed by atoms with E-state index in [4.69, 9.17) is 9.47 Å². The van der Waals surface area contributed by atoms with Gasteiger partial charge in [0.1, 0.15) is 19.0 Å². The summed E-state index contributed by atoms with van der Waals surface area (Å²) in [7, 11) is 0. The smallest absolute Gasteiger partial charge is 0.300 e. The quantitative estimate of drug-likeness (QED) is 0.371. The number of carbonyl (C=O) groups excluding carboxylic acids is 2. The number of rotatable bonds is 3. The molecule has 1 unspecified atom stereocenters. The minimum atomic E-state index is -1.17. The number of pyridine rings is 1. The lowest BCUT2D eigenvalue weighted by Gasteiger charge is -2.25. The first-order valence-electron chi connectivity index (χ1n) is 10.0. The van der Waals surface area contributed by atoms with Gasteiger partial charge in [0.2, 0.25) is 0 Å². The summed E-state index contributed by atoms with van der Waals surface area (Å²) in [5.41, 5.74) is 0.387. The third kappa shape index (κ3) is 3.47. The Morgan fingerprint density at radius 1 is 1.00 bits per heavy atom. The van der Waals surface area contributed by atoms with Gasteiger partial charge in [0, 0.05) is 29.7 Å². The summed E-state index contributed by atoms with van der Waals surface area (Å²) in [6.45, 7) is 0.714. The van der Waals surface area contributed by atoms with Gasteiger partial charge in [0.15, 0.2) is 23.1 Å². The molecule has 2 aliphatic heterocycles. The van der Waals surface area contributed by atoms with Crippen molar-refractivity contribution in [1.29, 1.82) is 0 Å². The maximum Gasteiger partial charge on any atom is 0.300 e. The van der Waals surface area contributed by atoms with E-state index >= 15 is 0 Å². The number of fused-ring (bicyclic) bond motifs is 1. The molecule has 0 radical (unpaired) electrons. The van der Waals surface area contributed by atoms with E-state index in [0.717, 1.165) is 17.0 Å². The molecule has 1 amide bonds. The number of hydrogen-bond acceptors (Lipinski definition) is 6. The number of ether oxygens (including phenoxy) is 2. The maximum atomic E-state index is 14.0. The zero-order chi connectivity index (χ0) is 23.1. The van der Waals surface area contributed by atoms with Crippen molar-refractivity contribution in [3.63, 3.8) is 0 Å². The largest absolute Gasteiger partial charge is 0.507 e. The number of anilines is 1. The molecule has 5 rings (SSSR count). The van der Waals surface area contributed by atoms with Crippen molar-refractivity contribution in [2.45, 2.75) is 6.04 Å². The number of aromatic nitrogens is 1. The van der Waals surface area contributed by atoms with Gasteiger partial charge >= 0.3 is 0 Å². The summed E-state index contributed by atoms with van der Waals surface area (Å²) >= 11 is 0. The van der Waals surface area contributed by atoms with Crippen LogP contribution >= 0.6 is 0 Å². The van der Waals surface area contributed by atoms with E-state index in [9.17, 15) is 23.5 Å². The standard InChI is InChI=1S/C24H16F2N2O5/c25-16-5-4-15(11-17(16)26)28-21(14-2-1-7-27-12-14)20(23(30)24(28)31)22(29)13-3-6-18-19(10-13)33-9-8-32-18/h1-7,10-12,21,29H,8-9H2/b22-20-.